The Morgan fingerprint density at radius 1 is 1.12 bits per heavy atom. The summed E-state index contributed by atoms with van der Waals surface area (Å²) in [6.45, 7) is 5.47. The zero-order valence-corrected chi connectivity index (χ0v) is 15.4. The Labute approximate surface area is 155 Å². The van der Waals surface area contributed by atoms with Gasteiger partial charge in [0.2, 0.25) is 0 Å². The van der Waals surface area contributed by atoms with Gasteiger partial charge in [-0.05, 0) is 43.0 Å². The Morgan fingerprint density at radius 3 is 2.46 bits per heavy atom. The first-order valence-electron chi connectivity index (χ1n) is 9.23. The van der Waals surface area contributed by atoms with E-state index in [9.17, 15) is 0 Å². The van der Waals surface area contributed by atoms with E-state index < -0.39 is 0 Å². The summed E-state index contributed by atoms with van der Waals surface area (Å²) in [5.41, 5.74) is 2.75. The maximum Gasteiger partial charge on any atom is 0.290 e. The molecule has 0 aliphatic carbocycles. The molecular weight excluding hydrogens is 328 g/mol. The molecule has 6 heteroatoms. The summed E-state index contributed by atoms with van der Waals surface area (Å²) in [6, 6.07) is 11.8. The third-order valence-corrected chi connectivity index (χ3v) is 5.32. The molecule has 0 saturated carbocycles. The summed E-state index contributed by atoms with van der Waals surface area (Å²) in [6.07, 6.45) is 6.62. The maximum atomic E-state index is 8.36. The molecule has 0 amide bonds. The first kappa shape index (κ1) is 18.6. The van der Waals surface area contributed by atoms with Crippen LogP contribution in [-0.4, -0.2) is 63.9 Å². The van der Waals surface area contributed by atoms with E-state index >= 15 is 0 Å². The van der Waals surface area contributed by atoms with Crippen LogP contribution in [0.1, 0.15) is 24.0 Å². The van der Waals surface area contributed by atoms with Crippen LogP contribution in [0, 0.1) is 5.92 Å². The molecule has 2 aromatic rings. The Hall–Kier alpha value is -2.18. The third-order valence-electron chi connectivity index (χ3n) is 5.32. The zero-order valence-electron chi connectivity index (χ0n) is 15.4. The smallest absolute Gasteiger partial charge is 0.290 e. The van der Waals surface area contributed by atoms with Crippen LogP contribution in [0.5, 0.6) is 0 Å². The number of hydrogen-bond donors (Lipinski definition) is 1. The second kappa shape index (κ2) is 8.96. The maximum absolute atomic E-state index is 8.36. The fourth-order valence-electron chi connectivity index (χ4n) is 4.17. The van der Waals surface area contributed by atoms with Crippen LogP contribution < -0.4 is 0 Å². The lowest BCUT2D eigenvalue weighted by Gasteiger charge is -2.36. The van der Waals surface area contributed by atoms with Crippen LogP contribution in [0.3, 0.4) is 0 Å². The highest BCUT2D eigenvalue weighted by molar-refractivity contribution is 5.32. The average Bonchev–Trinajstić information content (AvgIpc) is 3.00. The lowest BCUT2D eigenvalue weighted by Crippen LogP contribution is -2.43. The number of aromatic nitrogens is 2. The van der Waals surface area contributed by atoms with E-state index in [1.54, 1.807) is 0 Å². The molecule has 3 aliphatic rings. The van der Waals surface area contributed by atoms with E-state index in [0.717, 1.165) is 25.0 Å². The summed E-state index contributed by atoms with van der Waals surface area (Å²) in [5.74, 6) is 0.859. The van der Waals surface area contributed by atoms with Crippen molar-refractivity contribution in [2.75, 3.05) is 26.7 Å². The van der Waals surface area contributed by atoms with Gasteiger partial charge in [0.05, 0.1) is 6.54 Å². The first-order valence-corrected chi connectivity index (χ1v) is 9.23. The van der Waals surface area contributed by atoms with Crippen molar-refractivity contribution < 1.29 is 9.90 Å². The molecule has 1 aromatic heterocycles. The minimum Gasteiger partial charge on any atom is -0.483 e. The number of hydrogen-bond acceptors (Lipinski definition) is 4. The average molecular weight is 356 g/mol. The van der Waals surface area contributed by atoms with Crippen molar-refractivity contribution in [3.8, 4) is 0 Å². The molecule has 0 unspecified atom stereocenters. The summed E-state index contributed by atoms with van der Waals surface area (Å²) in [7, 11) is 2.28. The Bertz CT molecular complexity index is 672. The van der Waals surface area contributed by atoms with Crippen molar-refractivity contribution in [1.82, 2.24) is 19.6 Å². The van der Waals surface area contributed by atoms with E-state index in [1.165, 1.54) is 43.6 Å². The first-order chi connectivity index (χ1) is 12.7. The van der Waals surface area contributed by atoms with Crippen molar-refractivity contribution in [2.45, 2.75) is 32.0 Å². The molecule has 1 N–H and O–H groups in total. The molecule has 2 atom stereocenters. The van der Waals surface area contributed by atoms with E-state index in [1.807, 2.05) is 23.1 Å². The molecule has 5 rings (SSSR count). The van der Waals surface area contributed by atoms with Gasteiger partial charge in [-0.25, -0.2) is 0 Å². The van der Waals surface area contributed by atoms with Gasteiger partial charge in [-0.3, -0.25) is 14.4 Å². The van der Waals surface area contributed by atoms with E-state index in [2.05, 4.69) is 46.2 Å². The number of piperidine rings is 1. The molecule has 3 fully saturated rings. The lowest BCUT2D eigenvalue weighted by atomic mass is 9.94. The summed E-state index contributed by atoms with van der Waals surface area (Å²) >= 11 is 0. The Morgan fingerprint density at radius 2 is 1.81 bits per heavy atom. The molecule has 0 spiro atoms. The second-order valence-electron chi connectivity index (χ2n) is 7.37. The minimum atomic E-state index is -0.250. The van der Waals surface area contributed by atoms with Crippen molar-refractivity contribution >= 4 is 6.47 Å². The molecule has 1 aromatic carbocycles. The predicted molar refractivity (Wildman–Crippen MR) is 101 cm³/mol. The molecular formula is C20H28N4O2. The number of fused-ring (bicyclic) bond motifs is 4. The number of likely N-dealkylation sites (N-methyl/N-ethyl adjacent to an activating group) is 1. The highest BCUT2D eigenvalue weighted by atomic mass is 16.3. The summed E-state index contributed by atoms with van der Waals surface area (Å²) in [4.78, 5) is 13.6. The summed E-state index contributed by atoms with van der Waals surface area (Å²) < 4.78 is 1.97. The van der Waals surface area contributed by atoms with Gasteiger partial charge in [0.1, 0.15) is 0 Å². The van der Waals surface area contributed by atoms with Crippen LogP contribution in [0.25, 0.3) is 0 Å². The minimum absolute atomic E-state index is 0.250. The number of carbonyl (C=O) groups is 1. The van der Waals surface area contributed by atoms with Gasteiger partial charge in [-0.1, -0.05) is 24.3 Å². The molecule has 26 heavy (non-hydrogen) atoms. The second-order valence-corrected chi connectivity index (χ2v) is 7.37. The number of rotatable bonds is 4. The van der Waals surface area contributed by atoms with Crippen LogP contribution >= 0.6 is 0 Å². The fraction of sp³-hybridized carbons (Fsp3) is 0.500. The van der Waals surface area contributed by atoms with Gasteiger partial charge < -0.3 is 10.0 Å². The normalized spacial score (nSPS) is 23.1. The Balaban J connectivity index is 0.000000613. The molecule has 140 valence electrons. The zero-order chi connectivity index (χ0) is 18.4. The van der Waals surface area contributed by atoms with Gasteiger partial charge in [-0.15, -0.1) is 0 Å². The van der Waals surface area contributed by atoms with E-state index in [0.29, 0.717) is 0 Å². The number of carboxylic acid groups (broad SMARTS) is 1. The predicted octanol–water partition coefficient (Wildman–Crippen LogP) is 2.16. The van der Waals surface area contributed by atoms with Gasteiger partial charge in [0.15, 0.2) is 0 Å². The van der Waals surface area contributed by atoms with Gasteiger partial charge in [-0.2, -0.15) is 5.10 Å². The molecule has 4 heterocycles. The molecule has 6 nitrogen and oxygen atoms in total. The quantitative estimate of drug-likeness (QED) is 0.851. The number of nitrogens with zero attached hydrogens (tertiary/aromatic N) is 4. The van der Waals surface area contributed by atoms with Crippen LogP contribution in [0.4, 0.5) is 0 Å². The van der Waals surface area contributed by atoms with Crippen LogP contribution in [0.15, 0.2) is 42.7 Å². The fourth-order valence-corrected chi connectivity index (χ4v) is 4.17. The van der Waals surface area contributed by atoms with Gasteiger partial charge in [0.25, 0.3) is 6.47 Å². The SMILES string of the molecule is CN1C[C@@H]2CC[C@H](C1)N(Cc1ccc(Cn3cccn3)cc1)C2.O=CO. The molecule has 2 bridgehead atoms. The van der Waals surface area contributed by atoms with Crippen LogP contribution in [0.2, 0.25) is 0 Å². The van der Waals surface area contributed by atoms with Crippen molar-refractivity contribution in [3.05, 3.63) is 53.9 Å². The van der Waals surface area contributed by atoms with Crippen molar-refractivity contribution in [3.63, 3.8) is 0 Å². The molecule has 0 radical (unpaired) electrons. The third kappa shape index (κ3) is 4.93. The molecule has 3 saturated heterocycles. The monoisotopic (exact) mass is 356 g/mol. The summed E-state index contributed by atoms with van der Waals surface area (Å²) in [5, 5.41) is 11.2. The van der Waals surface area contributed by atoms with E-state index in [-0.39, 0.29) is 6.47 Å². The molecule has 3 aliphatic heterocycles. The lowest BCUT2D eigenvalue weighted by molar-refractivity contribution is -0.122. The standard InChI is InChI=1S/C19H26N4.CH2O2/c1-21-11-18-7-8-19(15-21)22(13-18)12-16-3-5-17(6-4-16)14-23-10-2-9-20-23;2-1-3/h2-6,9-10,18-19H,7-8,11-15H2,1H3;1H,(H,2,3)/t18-,19+;/m0./s1. The largest absolute Gasteiger partial charge is 0.483 e. The Kier molecular flexibility index (Phi) is 6.41. The van der Waals surface area contributed by atoms with Crippen molar-refractivity contribution in [2.24, 2.45) is 5.92 Å². The highest BCUT2D eigenvalue weighted by Gasteiger charge is 2.33. The highest BCUT2D eigenvalue weighted by Crippen LogP contribution is 2.28. The topological polar surface area (TPSA) is 61.6 Å². The van der Waals surface area contributed by atoms with Gasteiger partial charge >= 0.3 is 0 Å². The van der Waals surface area contributed by atoms with E-state index in [4.69, 9.17) is 9.90 Å². The van der Waals surface area contributed by atoms with Crippen molar-refractivity contribution in [1.29, 1.82) is 0 Å². The number of benzene rings is 1. The van der Waals surface area contributed by atoms with Gasteiger partial charge in [0, 0.05) is 44.6 Å². The van der Waals surface area contributed by atoms with Crippen LogP contribution in [-0.2, 0) is 17.9 Å².